The van der Waals surface area contributed by atoms with E-state index in [9.17, 15) is 9.59 Å². The molecule has 0 aliphatic carbocycles. The standard InChI is InChI=1S/C14H13ClN2O2/c1-16-14(19)11-5-6-13(18)17(9-11)8-10-3-2-4-12(15)7-10/h2-7,9H,8H2,1H3,(H,16,19). The van der Waals surface area contributed by atoms with Gasteiger partial charge in [0.05, 0.1) is 12.1 Å². The smallest absolute Gasteiger partial charge is 0.252 e. The zero-order valence-electron chi connectivity index (χ0n) is 10.4. The molecule has 1 N–H and O–H groups in total. The molecule has 2 aromatic rings. The van der Waals surface area contributed by atoms with E-state index in [-0.39, 0.29) is 11.5 Å². The van der Waals surface area contributed by atoms with Crippen molar-refractivity contribution in [3.05, 3.63) is 69.1 Å². The molecule has 1 aromatic heterocycles. The molecule has 98 valence electrons. The fourth-order valence-electron chi connectivity index (χ4n) is 1.77. The van der Waals surface area contributed by atoms with Crippen molar-refractivity contribution in [3.8, 4) is 0 Å². The maximum atomic E-state index is 11.8. The Labute approximate surface area is 115 Å². The molecule has 5 heteroatoms. The zero-order chi connectivity index (χ0) is 13.8. The van der Waals surface area contributed by atoms with E-state index in [1.807, 2.05) is 12.1 Å². The lowest BCUT2D eigenvalue weighted by atomic mass is 10.2. The highest BCUT2D eigenvalue weighted by atomic mass is 35.5. The van der Waals surface area contributed by atoms with Crippen molar-refractivity contribution in [1.29, 1.82) is 0 Å². The topological polar surface area (TPSA) is 51.1 Å². The fourth-order valence-corrected chi connectivity index (χ4v) is 1.98. The summed E-state index contributed by atoms with van der Waals surface area (Å²) in [6.45, 7) is 0.379. The first-order valence-electron chi connectivity index (χ1n) is 5.77. The molecule has 0 saturated carbocycles. The van der Waals surface area contributed by atoms with Crippen molar-refractivity contribution >= 4 is 17.5 Å². The van der Waals surface area contributed by atoms with Gasteiger partial charge >= 0.3 is 0 Å². The molecular weight excluding hydrogens is 264 g/mol. The van der Waals surface area contributed by atoms with E-state index < -0.39 is 0 Å². The number of pyridine rings is 1. The Morgan fingerprint density at radius 3 is 2.79 bits per heavy atom. The van der Waals surface area contributed by atoms with Crippen molar-refractivity contribution in [2.75, 3.05) is 7.05 Å². The second-order valence-corrected chi connectivity index (χ2v) is 4.53. The van der Waals surface area contributed by atoms with Gasteiger partial charge in [-0.25, -0.2) is 0 Å². The van der Waals surface area contributed by atoms with E-state index in [0.29, 0.717) is 17.1 Å². The number of amides is 1. The van der Waals surface area contributed by atoms with Gasteiger partial charge in [0.1, 0.15) is 0 Å². The van der Waals surface area contributed by atoms with Crippen LogP contribution in [0.1, 0.15) is 15.9 Å². The predicted molar refractivity (Wildman–Crippen MR) is 74.6 cm³/mol. The molecule has 0 radical (unpaired) electrons. The van der Waals surface area contributed by atoms with Crippen molar-refractivity contribution < 1.29 is 4.79 Å². The van der Waals surface area contributed by atoms with Gasteiger partial charge in [0.2, 0.25) is 0 Å². The molecule has 4 nitrogen and oxygen atoms in total. The summed E-state index contributed by atoms with van der Waals surface area (Å²) in [6, 6.07) is 10.2. The van der Waals surface area contributed by atoms with Crippen LogP contribution < -0.4 is 10.9 Å². The third-order valence-electron chi connectivity index (χ3n) is 2.71. The molecule has 0 unspecified atom stereocenters. The summed E-state index contributed by atoms with van der Waals surface area (Å²) in [5.41, 5.74) is 1.19. The van der Waals surface area contributed by atoms with Crippen molar-refractivity contribution in [2.24, 2.45) is 0 Å². The maximum Gasteiger partial charge on any atom is 0.252 e. The molecule has 19 heavy (non-hydrogen) atoms. The molecular formula is C14H13ClN2O2. The number of benzene rings is 1. The monoisotopic (exact) mass is 276 g/mol. The normalized spacial score (nSPS) is 10.2. The molecule has 0 spiro atoms. The zero-order valence-corrected chi connectivity index (χ0v) is 11.1. The summed E-state index contributed by atoms with van der Waals surface area (Å²) in [6.07, 6.45) is 1.54. The number of hydrogen-bond donors (Lipinski definition) is 1. The lowest BCUT2D eigenvalue weighted by Gasteiger charge is -2.08. The van der Waals surface area contributed by atoms with Crippen LogP contribution in [-0.2, 0) is 6.54 Å². The van der Waals surface area contributed by atoms with E-state index in [0.717, 1.165) is 5.56 Å². The average Bonchev–Trinajstić information content (AvgIpc) is 2.40. The van der Waals surface area contributed by atoms with Crippen molar-refractivity contribution in [1.82, 2.24) is 9.88 Å². The number of carbonyl (C=O) groups excluding carboxylic acids is 1. The molecule has 0 atom stereocenters. The summed E-state index contributed by atoms with van der Waals surface area (Å²) < 4.78 is 1.48. The van der Waals surface area contributed by atoms with E-state index in [1.165, 1.54) is 16.7 Å². The van der Waals surface area contributed by atoms with Gasteiger partial charge in [-0.3, -0.25) is 9.59 Å². The van der Waals surface area contributed by atoms with Gasteiger partial charge < -0.3 is 9.88 Å². The molecule has 0 bridgehead atoms. The summed E-state index contributed by atoms with van der Waals surface area (Å²) in [5, 5.41) is 3.14. The van der Waals surface area contributed by atoms with Crippen LogP contribution in [0.3, 0.4) is 0 Å². The second kappa shape index (κ2) is 5.71. The fraction of sp³-hybridized carbons (Fsp3) is 0.143. The number of halogens is 1. The van der Waals surface area contributed by atoms with Crippen LogP contribution in [0.15, 0.2) is 47.4 Å². The second-order valence-electron chi connectivity index (χ2n) is 4.09. The molecule has 1 amide bonds. The van der Waals surface area contributed by atoms with Gasteiger partial charge in [-0.15, -0.1) is 0 Å². The summed E-state index contributed by atoms with van der Waals surface area (Å²) in [5.74, 6) is -0.222. The van der Waals surface area contributed by atoms with Crippen molar-refractivity contribution in [3.63, 3.8) is 0 Å². The highest BCUT2D eigenvalue weighted by molar-refractivity contribution is 6.30. The van der Waals surface area contributed by atoms with Gasteiger partial charge in [-0.1, -0.05) is 23.7 Å². The van der Waals surface area contributed by atoms with Gasteiger partial charge in [-0.2, -0.15) is 0 Å². The highest BCUT2D eigenvalue weighted by Crippen LogP contribution is 2.11. The molecule has 2 rings (SSSR count). The van der Waals surface area contributed by atoms with Crippen LogP contribution in [0.4, 0.5) is 0 Å². The molecule has 0 saturated heterocycles. The quantitative estimate of drug-likeness (QED) is 0.931. The third-order valence-corrected chi connectivity index (χ3v) is 2.95. The number of aromatic nitrogens is 1. The average molecular weight is 277 g/mol. The van der Waals surface area contributed by atoms with Crippen LogP contribution in [0, 0.1) is 0 Å². The first kappa shape index (κ1) is 13.4. The lowest BCUT2D eigenvalue weighted by Crippen LogP contribution is -2.24. The van der Waals surface area contributed by atoms with Crippen LogP contribution in [0.5, 0.6) is 0 Å². The van der Waals surface area contributed by atoms with Gasteiger partial charge in [0.15, 0.2) is 0 Å². The maximum absolute atomic E-state index is 11.8. The number of hydrogen-bond acceptors (Lipinski definition) is 2. The SMILES string of the molecule is CNC(=O)c1ccc(=O)n(Cc2cccc(Cl)c2)c1. The molecule has 0 aliphatic rings. The van der Waals surface area contributed by atoms with Gasteiger partial charge in [0, 0.05) is 24.3 Å². The van der Waals surface area contributed by atoms with E-state index in [4.69, 9.17) is 11.6 Å². The van der Waals surface area contributed by atoms with Crippen LogP contribution in [-0.4, -0.2) is 17.5 Å². The van der Waals surface area contributed by atoms with Crippen molar-refractivity contribution in [2.45, 2.75) is 6.54 Å². The largest absolute Gasteiger partial charge is 0.355 e. The Morgan fingerprint density at radius 1 is 1.32 bits per heavy atom. The minimum atomic E-state index is -0.222. The first-order chi connectivity index (χ1) is 9.10. The summed E-state index contributed by atoms with van der Waals surface area (Å²) in [7, 11) is 1.55. The Kier molecular flexibility index (Phi) is 4.02. The lowest BCUT2D eigenvalue weighted by molar-refractivity contribution is 0.0962. The van der Waals surface area contributed by atoms with Crippen LogP contribution >= 0.6 is 11.6 Å². The predicted octanol–water partition coefficient (Wildman–Crippen LogP) is 1.91. The van der Waals surface area contributed by atoms with E-state index in [2.05, 4.69) is 5.32 Å². The van der Waals surface area contributed by atoms with Crippen LogP contribution in [0.2, 0.25) is 5.02 Å². The van der Waals surface area contributed by atoms with Crippen LogP contribution in [0.25, 0.3) is 0 Å². The van der Waals surface area contributed by atoms with E-state index in [1.54, 1.807) is 25.4 Å². The Balaban J connectivity index is 2.34. The molecule has 0 fully saturated rings. The Morgan fingerprint density at radius 2 is 2.11 bits per heavy atom. The first-order valence-corrected chi connectivity index (χ1v) is 6.15. The Bertz CT molecular complexity index is 664. The molecule has 1 aromatic carbocycles. The molecule has 1 heterocycles. The minimum Gasteiger partial charge on any atom is -0.355 e. The summed E-state index contributed by atoms with van der Waals surface area (Å²) in [4.78, 5) is 23.3. The molecule has 0 aliphatic heterocycles. The number of nitrogens with one attached hydrogen (secondary N) is 1. The Hall–Kier alpha value is -2.07. The van der Waals surface area contributed by atoms with Gasteiger partial charge in [0.25, 0.3) is 11.5 Å². The number of rotatable bonds is 3. The third kappa shape index (κ3) is 3.23. The highest BCUT2D eigenvalue weighted by Gasteiger charge is 2.06. The van der Waals surface area contributed by atoms with E-state index >= 15 is 0 Å². The minimum absolute atomic E-state index is 0.160. The number of nitrogens with zero attached hydrogens (tertiary/aromatic N) is 1. The summed E-state index contributed by atoms with van der Waals surface area (Å²) >= 11 is 5.90. The number of carbonyl (C=O) groups is 1. The van der Waals surface area contributed by atoms with Gasteiger partial charge in [-0.05, 0) is 23.8 Å².